The Kier molecular flexibility index (Phi) is 5.05. The lowest BCUT2D eigenvalue weighted by molar-refractivity contribution is 0.0963. The van der Waals surface area contributed by atoms with Crippen molar-refractivity contribution in [2.24, 2.45) is 5.41 Å². The zero-order valence-electron chi connectivity index (χ0n) is 12.5. The highest BCUT2D eigenvalue weighted by molar-refractivity contribution is 4.86. The quantitative estimate of drug-likeness (QED) is 0.746. The largest absolute Gasteiger partial charge is 0.313 e. The predicted molar refractivity (Wildman–Crippen MR) is 78.0 cm³/mol. The molecule has 2 fully saturated rings. The Morgan fingerprint density at radius 3 is 2.22 bits per heavy atom. The first-order valence-corrected chi connectivity index (χ1v) is 7.77. The number of nitrogens with one attached hydrogen (secondary N) is 1. The zero-order chi connectivity index (χ0) is 13.0. The van der Waals surface area contributed by atoms with Crippen LogP contribution in [0, 0.1) is 5.41 Å². The van der Waals surface area contributed by atoms with E-state index >= 15 is 0 Å². The molecule has 0 radical (unpaired) electrons. The molecule has 1 saturated carbocycles. The Morgan fingerprint density at radius 1 is 1.06 bits per heavy atom. The van der Waals surface area contributed by atoms with Crippen molar-refractivity contribution in [3.8, 4) is 0 Å². The van der Waals surface area contributed by atoms with Crippen molar-refractivity contribution < 1.29 is 0 Å². The third-order valence-electron chi connectivity index (χ3n) is 4.10. The summed E-state index contributed by atoms with van der Waals surface area (Å²) in [5, 5.41) is 3.68. The number of piperazine rings is 1. The van der Waals surface area contributed by atoms with Gasteiger partial charge in [0.25, 0.3) is 0 Å². The molecule has 0 amide bonds. The predicted octanol–water partition coefficient (Wildman–Crippen LogP) is 1.79. The fourth-order valence-electron chi connectivity index (χ4n) is 2.86. The Bertz CT molecular complexity index is 240. The molecule has 0 aromatic heterocycles. The highest BCUT2D eigenvalue weighted by Gasteiger charge is 2.27. The SMILES string of the molecule is CCCN1CCN(CC(C)(C)CNC2CC2)CC1. The number of nitrogens with zero attached hydrogens (tertiary/aromatic N) is 2. The molecule has 0 bridgehead atoms. The first-order chi connectivity index (χ1) is 8.59. The van der Waals surface area contributed by atoms with Gasteiger partial charge in [0.05, 0.1) is 0 Å². The Balaban J connectivity index is 1.65. The molecule has 0 unspecified atom stereocenters. The van der Waals surface area contributed by atoms with Crippen LogP contribution in [0.1, 0.15) is 40.0 Å². The van der Waals surface area contributed by atoms with Gasteiger partial charge in [0.1, 0.15) is 0 Å². The molecule has 2 aliphatic rings. The van der Waals surface area contributed by atoms with E-state index in [4.69, 9.17) is 0 Å². The average molecular weight is 253 g/mol. The monoisotopic (exact) mass is 253 g/mol. The molecule has 1 heterocycles. The van der Waals surface area contributed by atoms with Crippen molar-refractivity contribution in [3.05, 3.63) is 0 Å². The van der Waals surface area contributed by atoms with Crippen LogP contribution in [0.25, 0.3) is 0 Å². The van der Waals surface area contributed by atoms with Crippen LogP contribution >= 0.6 is 0 Å². The van der Waals surface area contributed by atoms with Gasteiger partial charge in [0.15, 0.2) is 0 Å². The summed E-state index contributed by atoms with van der Waals surface area (Å²) in [7, 11) is 0. The maximum atomic E-state index is 3.68. The van der Waals surface area contributed by atoms with Crippen LogP contribution in [0.5, 0.6) is 0 Å². The third-order valence-corrected chi connectivity index (χ3v) is 4.10. The molecular formula is C15H31N3. The van der Waals surface area contributed by atoms with Gasteiger partial charge in [-0.2, -0.15) is 0 Å². The molecule has 1 saturated heterocycles. The first kappa shape index (κ1) is 14.3. The van der Waals surface area contributed by atoms with Crippen LogP contribution < -0.4 is 5.32 Å². The average Bonchev–Trinajstić information content (AvgIpc) is 3.13. The van der Waals surface area contributed by atoms with Crippen molar-refractivity contribution in [2.45, 2.75) is 46.1 Å². The summed E-state index contributed by atoms with van der Waals surface area (Å²) in [5.74, 6) is 0. The molecule has 3 heteroatoms. The minimum Gasteiger partial charge on any atom is -0.313 e. The fraction of sp³-hybridized carbons (Fsp3) is 1.00. The van der Waals surface area contributed by atoms with E-state index in [1.54, 1.807) is 0 Å². The second-order valence-electron chi connectivity index (χ2n) is 6.94. The molecule has 0 spiro atoms. The molecule has 2 rings (SSSR count). The first-order valence-electron chi connectivity index (χ1n) is 7.77. The summed E-state index contributed by atoms with van der Waals surface area (Å²) in [4.78, 5) is 5.26. The van der Waals surface area contributed by atoms with E-state index in [0.29, 0.717) is 5.41 Å². The van der Waals surface area contributed by atoms with Crippen molar-refractivity contribution in [2.75, 3.05) is 45.8 Å². The number of rotatable bonds is 7. The molecule has 0 aromatic carbocycles. The minimum atomic E-state index is 0.412. The van der Waals surface area contributed by atoms with Crippen LogP contribution in [0.2, 0.25) is 0 Å². The summed E-state index contributed by atoms with van der Waals surface area (Å²) in [6, 6.07) is 0.839. The molecule has 1 aliphatic carbocycles. The summed E-state index contributed by atoms with van der Waals surface area (Å²) in [5.41, 5.74) is 0.412. The summed E-state index contributed by atoms with van der Waals surface area (Å²) in [6.07, 6.45) is 4.08. The summed E-state index contributed by atoms with van der Waals surface area (Å²) < 4.78 is 0. The van der Waals surface area contributed by atoms with Crippen molar-refractivity contribution in [1.29, 1.82) is 0 Å². The maximum absolute atomic E-state index is 3.68. The van der Waals surface area contributed by atoms with Crippen LogP contribution in [0.15, 0.2) is 0 Å². The van der Waals surface area contributed by atoms with Crippen molar-refractivity contribution >= 4 is 0 Å². The van der Waals surface area contributed by atoms with E-state index in [9.17, 15) is 0 Å². The summed E-state index contributed by atoms with van der Waals surface area (Å²) >= 11 is 0. The maximum Gasteiger partial charge on any atom is 0.0110 e. The van der Waals surface area contributed by atoms with Gasteiger partial charge in [0.2, 0.25) is 0 Å². The minimum absolute atomic E-state index is 0.412. The van der Waals surface area contributed by atoms with Crippen LogP contribution in [0.3, 0.4) is 0 Å². The van der Waals surface area contributed by atoms with Gasteiger partial charge in [-0.05, 0) is 31.2 Å². The molecule has 0 atom stereocenters. The third kappa shape index (κ3) is 4.87. The van der Waals surface area contributed by atoms with E-state index in [1.165, 1.54) is 65.1 Å². The lowest BCUT2D eigenvalue weighted by atomic mass is 9.92. The van der Waals surface area contributed by atoms with Crippen LogP contribution in [-0.4, -0.2) is 61.7 Å². The van der Waals surface area contributed by atoms with E-state index in [1.807, 2.05) is 0 Å². The molecule has 106 valence electrons. The number of hydrogen-bond donors (Lipinski definition) is 1. The molecule has 18 heavy (non-hydrogen) atoms. The second-order valence-corrected chi connectivity index (χ2v) is 6.94. The molecular weight excluding hydrogens is 222 g/mol. The highest BCUT2D eigenvalue weighted by atomic mass is 15.3. The van der Waals surface area contributed by atoms with Gasteiger partial charge in [0, 0.05) is 45.3 Å². The van der Waals surface area contributed by atoms with Gasteiger partial charge in [-0.1, -0.05) is 20.8 Å². The fourth-order valence-corrected chi connectivity index (χ4v) is 2.86. The Hall–Kier alpha value is -0.120. The Labute approximate surface area is 113 Å². The van der Waals surface area contributed by atoms with Crippen LogP contribution in [0.4, 0.5) is 0 Å². The lowest BCUT2D eigenvalue weighted by Gasteiger charge is -2.39. The summed E-state index contributed by atoms with van der Waals surface area (Å²) in [6.45, 7) is 15.8. The van der Waals surface area contributed by atoms with Gasteiger partial charge >= 0.3 is 0 Å². The molecule has 3 nitrogen and oxygen atoms in total. The number of hydrogen-bond acceptors (Lipinski definition) is 3. The molecule has 1 aliphatic heterocycles. The Morgan fingerprint density at radius 2 is 1.67 bits per heavy atom. The van der Waals surface area contributed by atoms with E-state index < -0.39 is 0 Å². The highest BCUT2D eigenvalue weighted by Crippen LogP contribution is 2.22. The molecule has 1 N–H and O–H groups in total. The zero-order valence-corrected chi connectivity index (χ0v) is 12.5. The van der Waals surface area contributed by atoms with Crippen molar-refractivity contribution in [3.63, 3.8) is 0 Å². The van der Waals surface area contributed by atoms with E-state index in [0.717, 1.165) is 6.04 Å². The topological polar surface area (TPSA) is 18.5 Å². The van der Waals surface area contributed by atoms with Crippen molar-refractivity contribution in [1.82, 2.24) is 15.1 Å². The van der Waals surface area contributed by atoms with E-state index in [-0.39, 0.29) is 0 Å². The van der Waals surface area contributed by atoms with Gasteiger partial charge in [-0.25, -0.2) is 0 Å². The smallest absolute Gasteiger partial charge is 0.0110 e. The standard InChI is InChI=1S/C15H31N3/c1-4-7-17-8-10-18(11-9-17)13-15(2,3)12-16-14-5-6-14/h14,16H,4-13H2,1-3H3. The van der Waals surface area contributed by atoms with Gasteiger partial charge < -0.3 is 15.1 Å². The van der Waals surface area contributed by atoms with E-state index in [2.05, 4.69) is 35.9 Å². The normalized spacial score (nSPS) is 23.5. The second kappa shape index (κ2) is 6.36. The van der Waals surface area contributed by atoms with Crippen LogP contribution in [-0.2, 0) is 0 Å². The van der Waals surface area contributed by atoms with Gasteiger partial charge in [-0.3, -0.25) is 0 Å². The molecule has 0 aromatic rings. The lowest BCUT2D eigenvalue weighted by Crippen LogP contribution is -2.50. The van der Waals surface area contributed by atoms with Gasteiger partial charge in [-0.15, -0.1) is 0 Å².